The van der Waals surface area contributed by atoms with Crippen molar-refractivity contribution in [3.8, 4) is 11.3 Å². The second-order valence-electron chi connectivity index (χ2n) is 8.07. The summed E-state index contributed by atoms with van der Waals surface area (Å²) in [5.41, 5.74) is 0.983. The van der Waals surface area contributed by atoms with Gasteiger partial charge in [-0.2, -0.15) is 0 Å². The second-order valence-corrected chi connectivity index (χ2v) is 8.07. The lowest BCUT2D eigenvalue weighted by atomic mass is 9.77. The summed E-state index contributed by atoms with van der Waals surface area (Å²) >= 11 is 0. The van der Waals surface area contributed by atoms with Crippen LogP contribution < -0.4 is 5.43 Å². The summed E-state index contributed by atoms with van der Waals surface area (Å²) in [6.07, 6.45) is 4.46. The van der Waals surface area contributed by atoms with Crippen molar-refractivity contribution < 1.29 is 33.3 Å². The quantitative estimate of drug-likeness (QED) is 0.361. The van der Waals surface area contributed by atoms with Crippen molar-refractivity contribution >= 4 is 12.3 Å². The van der Waals surface area contributed by atoms with Gasteiger partial charge >= 0.3 is 5.97 Å². The molecule has 0 saturated carbocycles. The molecule has 1 aliphatic heterocycles. The Labute approximate surface area is 209 Å². The van der Waals surface area contributed by atoms with E-state index >= 15 is 0 Å². The predicted octanol–water partition coefficient (Wildman–Crippen LogP) is 1.60. The molecule has 0 saturated heterocycles. The number of aliphatic carboxylic acids is 1. The largest absolute Gasteiger partial charge is 0.479 e. The number of nitrogens with one attached hydrogen (secondary N) is 1. The number of aromatic nitrogens is 4. The molecule has 1 aliphatic rings. The molecule has 37 heavy (non-hydrogen) atoms. The van der Waals surface area contributed by atoms with Crippen LogP contribution in [0.15, 0.2) is 48.2 Å². The summed E-state index contributed by atoms with van der Waals surface area (Å²) in [7, 11) is 0. The number of nitrogens with zero attached hydrogens (tertiary/aromatic N) is 6. The fourth-order valence-electron chi connectivity index (χ4n) is 3.59. The maximum atomic E-state index is 14.5. The van der Waals surface area contributed by atoms with Crippen molar-refractivity contribution in [3.63, 3.8) is 0 Å². The Balaban J connectivity index is 0.000000568. The standard InChI is InChI=1S/C20H18F3N7O.C3H6O3/c1-12(18-16(22)5-24-8-27-18)20(31,7-30-11-26-10-29-30)15-3-2-13(21)4-14(15)19-17(23)6-25-9-28-19;1-2(4)3(5)6/h2-6,8-9,11-12,29,31H,7,10H2,1H3;2,4H,1H3,(H,5,6)/t12-,20+;/m0./s1. The van der Waals surface area contributed by atoms with Gasteiger partial charge in [0.05, 0.1) is 24.6 Å². The van der Waals surface area contributed by atoms with E-state index in [0.717, 1.165) is 30.9 Å². The van der Waals surface area contributed by atoms with E-state index in [1.54, 1.807) is 6.92 Å². The van der Waals surface area contributed by atoms with Crippen LogP contribution in [0.4, 0.5) is 13.2 Å². The summed E-state index contributed by atoms with van der Waals surface area (Å²) in [5, 5.41) is 29.2. The number of halogens is 3. The number of aliphatic hydroxyl groups is 2. The number of rotatable bonds is 7. The Morgan fingerprint density at radius 1 is 1.14 bits per heavy atom. The zero-order chi connectivity index (χ0) is 27.2. The number of benzene rings is 1. The van der Waals surface area contributed by atoms with Crippen LogP contribution in [0.25, 0.3) is 11.3 Å². The Hall–Kier alpha value is -4.01. The van der Waals surface area contributed by atoms with Crippen LogP contribution in [0.2, 0.25) is 0 Å². The molecule has 196 valence electrons. The molecule has 4 N–H and O–H groups in total. The summed E-state index contributed by atoms with van der Waals surface area (Å²) < 4.78 is 43.2. The summed E-state index contributed by atoms with van der Waals surface area (Å²) in [5.74, 6) is -4.29. The van der Waals surface area contributed by atoms with Gasteiger partial charge in [0, 0.05) is 11.5 Å². The highest BCUT2D eigenvalue weighted by molar-refractivity contribution is 5.71. The fourth-order valence-corrected chi connectivity index (χ4v) is 3.59. The van der Waals surface area contributed by atoms with Gasteiger partial charge in [-0.15, -0.1) is 0 Å². The minimum Gasteiger partial charge on any atom is -0.479 e. The number of hydrogen-bond donors (Lipinski definition) is 4. The molecule has 1 unspecified atom stereocenters. The zero-order valence-electron chi connectivity index (χ0n) is 19.8. The highest BCUT2D eigenvalue weighted by Gasteiger charge is 2.43. The lowest BCUT2D eigenvalue weighted by Gasteiger charge is -2.38. The molecule has 0 fully saturated rings. The Morgan fingerprint density at radius 3 is 2.35 bits per heavy atom. The van der Waals surface area contributed by atoms with Crippen LogP contribution in [0, 0.1) is 17.5 Å². The minimum absolute atomic E-state index is 0.0138. The van der Waals surface area contributed by atoms with E-state index in [9.17, 15) is 23.1 Å². The molecule has 3 heterocycles. The molecule has 2 aromatic heterocycles. The van der Waals surface area contributed by atoms with Gasteiger partial charge in [-0.05, 0) is 24.6 Å². The topological polar surface area (TPSA) is 157 Å². The lowest BCUT2D eigenvalue weighted by Crippen LogP contribution is -2.47. The molecule has 3 aromatic rings. The number of carboxylic acids is 1. The number of hydrazine groups is 1. The third kappa shape index (κ3) is 6.41. The molecule has 0 amide bonds. The monoisotopic (exact) mass is 519 g/mol. The number of aliphatic imine (C=N–C) groups is 1. The molecule has 0 aliphatic carbocycles. The average Bonchev–Trinajstić information content (AvgIpc) is 3.37. The van der Waals surface area contributed by atoms with E-state index in [1.807, 2.05) is 0 Å². The highest BCUT2D eigenvalue weighted by Crippen LogP contribution is 2.42. The maximum absolute atomic E-state index is 14.5. The fraction of sp³-hybridized carbons (Fsp3) is 0.304. The first-order valence-corrected chi connectivity index (χ1v) is 10.9. The van der Waals surface area contributed by atoms with Crippen LogP contribution in [-0.4, -0.2) is 71.9 Å². The number of carbonyl (C=O) groups is 1. The van der Waals surface area contributed by atoms with Gasteiger partial charge in [0.1, 0.15) is 48.9 Å². The van der Waals surface area contributed by atoms with Crippen LogP contribution in [0.5, 0.6) is 0 Å². The summed E-state index contributed by atoms with van der Waals surface area (Å²) in [6, 6.07) is 3.53. The number of aliphatic hydroxyl groups excluding tert-OH is 1. The maximum Gasteiger partial charge on any atom is 0.332 e. The Morgan fingerprint density at radius 2 is 1.78 bits per heavy atom. The molecular formula is C23H24F3N7O4. The minimum atomic E-state index is -1.86. The van der Waals surface area contributed by atoms with E-state index in [-0.39, 0.29) is 29.1 Å². The second kappa shape index (κ2) is 11.8. The highest BCUT2D eigenvalue weighted by atomic mass is 19.1. The number of β-amino-alcohol motifs (C(OH)–C–C–N with tert-alkyl or cyclic N) is 1. The van der Waals surface area contributed by atoms with Crippen molar-refractivity contribution in [1.29, 1.82) is 0 Å². The molecule has 0 spiro atoms. The van der Waals surface area contributed by atoms with E-state index in [4.69, 9.17) is 10.2 Å². The average molecular weight is 519 g/mol. The normalized spacial score (nSPS) is 15.9. The van der Waals surface area contributed by atoms with Crippen molar-refractivity contribution in [3.05, 3.63) is 72.0 Å². The first-order valence-electron chi connectivity index (χ1n) is 10.9. The van der Waals surface area contributed by atoms with Crippen LogP contribution in [-0.2, 0) is 10.4 Å². The van der Waals surface area contributed by atoms with Crippen molar-refractivity contribution in [2.45, 2.75) is 31.5 Å². The van der Waals surface area contributed by atoms with Crippen LogP contribution >= 0.6 is 0 Å². The SMILES string of the molecule is CC(O)C(=O)O.C[C@@H](c1ncncc1F)[C@](O)(CN1C=NCN1)c1ccc(F)cc1-c1ncncc1F. The molecule has 3 atom stereocenters. The smallest absolute Gasteiger partial charge is 0.332 e. The summed E-state index contributed by atoms with van der Waals surface area (Å²) in [4.78, 5) is 28.7. The van der Waals surface area contributed by atoms with Gasteiger partial charge < -0.3 is 15.3 Å². The van der Waals surface area contributed by atoms with Gasteiger partial charge in [0.15, 0.2) is 11.6 Å². The Bertz CT molecular complexity index is 1280. The summed E-state index contributed by atoms with van der Waals surface area (Å²) in [6.45, 7) is 2.94. The number of hydrogen-bond acceptors (Lipinski definition) is 10. The zero-order valence-corrected chi connectivity index (χ0v) is 19.8. The van der Waals surface area contributed by atoms with Gasteiger partial charge in [-0.25, -0.2) is 43.3 Å². The first-order chi connectivity index (χ1) is 17.5. The van der Waals surface area contributed by atoms with E-state index in [1.165, 1.54) is 30.7 Å². The Kier molecular flexibility index (Phi) is 8.81. The van der Waals surface area contributed by atoms with Crippen LogP contribution in [0.1, 0.15) is 31.0 Å². The van der Waals surface area contributed by atoms with Gasteiger partial charge in [-0.1, -0.05) is 13.0 Å². The van der Waals surface area contributed by atoms with Crippen molar-refractivity contribution in [2.75, 3.05) is 13.2 Å². The third-order valence-electron chi connectivity index (χ3n) is 5.55. The van der Waals surface area contributed by atoms with E-state index < -0.39 is 41.0 Å². The van der Waals surface area contributed by atoms with Gasteiger partial charge in [0.25, 0.3) is 0 Å². The number of carboxylic acid groups (broad SMARTS) is 1. The third-order valence-corrected chi connectivity index (χ3v) is 5.55. The molecule has 0 radical (unpaired) electrons. The molecule has 14 heteroatoms. The molecular weight excluding hydrogens is 495 g/mol. The first kappa shape index (κ1) is 27.6. The molecule has 1 aromatic carbocycles. The van der Waals surface area contributed by atoms with Crippen molar-refractivity contribution in [1.82, 2.24) is 30.4 Å². The lowest BCUT2D eigenvalue weighted by molar-refractivity contribution is -0.145. The van der Waals surface area contributed by atoms with E-state index in [0.29, 0.717) is 6.67 Å². The predicted molar refractivity (Wildman–Crippen MR) is 124 cm³/mol. The van der Waals surface area contributed by atoms with Crippen molar-refractivity contribution in [2.24, 2.45) is 4.99 Å². The van der Waals surface area contributed by atoms with Crippen LogP contribution in [0.3, 0.4) is 0 Å². The van der Waals surface area contributed by atoms with Gasteiger partial charge in [-0.3, -0.25) is 10.0 Å². The molecule has 0 bridgehead atoms. The van der Waals surface area contributed by atoms with Gasteiger partial charge in [0.2, 0.25) is 0 Å². The molecule has 11 nitrogen and oxygen atoms in total. The molecule has 4 rings (SSSR count). The van der Waals surface area contributed by atoms with E-state index in [2.05, 4.69) is 30.4 Å².